The number of aromatic nitrogens is 1. The summed E-state index contributed by atoms with van der Waals surface area (Å²) in [5.41, 5.74) is 3.27. The monoisotopic (exact) mass is 504 g/mol. The molecule has 1 aromatic carbocycles. The molecule has 1 fully saturated rings. The van der Waals surface area contributed by atoms with Gasteiger partial charge in [0.1, 0.15) is 0 Å². The summed E-state index contributed by atoms with van der Waals surface area (Å²) in [6, 6.07) is 8.46. The number of thiazole rings is 1. The standard InChI is InChI=1S/C26H34F2N4O2S/c1-26(27,28)17-34-25-30-21-16-31(14-12-23(21)35-25)13-10-18-6-8-20(9-7-18)29-24(33)32-15-11-19-4-2-3-5-22(19)32/h2-5,18,20H,6-17H2,1H3,(H,29,33). The molecule has 0 unspecified atom stereocenters. The fraction of sp³-hybridized carbons (Fsp3) is 0.615. The second kappa shape index (κ2) is 10.4. The molecule has 0 spiro atoms. The van der Waals surface area contributed by atoms with E-state index in [0.717, 1.165) is 94.3 Å². The smallest absolute Gasteiger partial charge is 0.322 e. The van der Waals surface area contributed by atoms with E-state index < -0.39 is 12.5 Å². The molecular formula is C26H34F2N4O2S. The van der Waals surface area contributed by atoms with Gasteiger partial charge in [-0.1, -0.05) is 29.5 Å². The van der Waals surface area contributed by atoms with Crippen LogP contribution in [0.3, 0.4) is 0 Å². The number of alkyl halides is 2. The number of benzene rings is 1. The number of carbonyl (C=O) groups excluding carboxylic acids is 1. The maximum atomic E-state index is 13.1. The largest absolute Gasteiger partial charge is 0.464 e. The Balaban J connectivity index is 1.03. The third-order valence-corrected chi connectivity index (χ3v) is 8.47. The van der Waals surface area contributed by atoms with Crippen molar-refractivity contribution in [3.63, 3.8) is 0 Å². The Kier molecular flexibility index (Phi) is 7.25. The maximum absolute atomic E-state index is 13.1. The predicted octanol–water partition coefficient (Wildman–Crippen LogP) is 5.26. The van der Waals surface area contributed by atoms with Crippen molar-refractivity contribution in [2.24, 2.45) is 5.92 Å². The predicted molar refractivity (Wildman–Crippen MR) is 134 cm³/mol. The van der Waals surface area contributed by atoms with Crippen molar-refractivity contribution in [2.45, 2.75) is 70.4 Å². The zero-order chi connectivity index (χ0) is 24.4. The zero-order valence-corrected chi connectivity index (χ0v) is 21.1. The number of amides is 2. The molecule has 3 heterocycles. The molecular weight excluding hydrogens is 470 g/mol. The number of rotatable bonds is 7. The van der Waals surface area contributed by atoms with Crippen LogP contribution in [-0.2, 0) is 19.4 Å². The molecule has 5 rings (SSSR count). The van der Waals surface area contributed by atoms with Crippen molar-refractivity contribution in [2.75, 3.05) is 31.1 Å². The fourth-order valence-corrected chi connectivity index (χ4v) is 6.34. The summed E-state index contributed by atoms with van der Waals surface area (Å²) in [5, 5.41) is 3.63. The number of ether oxygens (including phenoxy) is 1. The minimum Gasteiger partial charge on any atom is -0.464 e. The lowest BCUT2D eigenvalue weighted by atomic mass is 9.84. The first kappa shape index (κ1) is 24.4. The second-order valence-electron chi connectivity index (χ2n) is 10.2. The highest BCUT2D eigenvalue weighted by molar-refractivity contribution is 7.13. The molecule has 1 N–H and O–H groups in total. The highest BCUT2D eigenvalue weighted by Gasteiger charge is 2.29. The SMILES string of the molecule is CC(F)(F)COc1nc2c(s1)CCN(CCC1CCC(NC(=O)N3CCc4ccccc43)CC1)C2. The summed E-state index contributed by atoms with van der Waals surface area (Å²) in [4.78, 5) is 22.8. The van der Waals surface area contributed by atoms with Gasteiger partial charge < -0.3 is 10.1 Å². The van der Waals surface area contributed by atoms with Crippen LogP contribution >= 0.6 is 11.3 Å². The first-order valence-corrected chi connectivity index (χ1v) is 13.5. The van der Waals surface area contributed by atoms with Gasteiger partial charge in [-0.2, -0.15) is 0 Å². The summed E-state index contributed by atoms with van der Waals surface area (Å²) in [7, 11) is 0. The average molecular weight is 505 g/mol. The van der Waals surface area contributed by atoms with E-state index in [0.29, 0.717) is 11.1 Å². The van der Waals surface area contributed by atoms with Crippen LogP contribution < -0.4 is 15.0 Å². The highest BCUT2D eigenvalue weighted by atomic mass is 32.1. The minimum absolute atomic E-state index is 0.0387. The second-order valence-corrected chi connectivity index (χ2v) is 11.3. The lowest BCUT2D eigenvalue weighted by Crippen LogP contribution is -2.45. The first-order valence-electron chi connectivity index (χ1n) is 12.7. The number of halogens is 2. The van der Waals surface area contributed by atoms with Gasteiger partial charge in [-0.25, -0.2) is 18.6 Å². The van der Waals surface area contributed by atoms with Crippen molar-refractivity contribution in [1.29, 1.82) is 0 Å². The summed E-state index contributed by atoms with van der Waals surface area (Å²) in [5.74, 6) is -2.17. The molecule has 0 saturated heterocycles. The molecule has 0 radical (unpaired) electrons. The van der Waals surface area contributed by atoms with E-state index in [1.165, 1.54) is 16.9 Å². The molecule has 6 nitrogen and oxygen atoms in total. The normalized spacial score (nSPS) is 22.5. The number of urea groups is 1. The van der Waals surface area contributed by atoms with E-state index in [2.05, 4.69) is 21.3 Å². The van der Waals surface area contributed by atoms with E-state index in [4.69, 9.17) is 4.74 Å². The van der Waals surface area contributed by atoms with Gasteiger partial charge in [0, 0.05) is 43.2 Å². The summed E-state index contributed by atoms with van der Waals surface area (Å²) in [6.45, 7) is 3.75. The van der Waals surface area contributed by atoms with Gasteiger partial charge in [0.2, 0.25) is 0 Å². The zero-order valence-electron chi connectivity index (χ0n) is 20.3. The van der Waals surface area contributed by atoms with Crippen LogP contribution in [-0.4, -0.2) is 54.1 Å². The Morgan fingerprint density at radius 1 is 1.20 bits per heavy atom. The minimum atomic E-state index is -2.85. The number of hydrogen-bond acceptors (Lipinski definition) is 5. The summed E-state index contributed by atoms with van der Waals surface area (Å²) < 4.78 is 31.3. The van der Waals surface area contributed by atoms with Gasteiger partial charge >= 0.3 is 6.03 Å². The van der Waals surface area contributed by atoms with Crippen LogP contribution in [0.5, 0.6) is 5.19 Å². The van der Waals surface area contributed by atoms with Crippen molar-refractivity contribution >= 4 is 23.1 Å². The molecule has 2 amide bonds. The van der Waals surface area contributed by atoms with E-state index in [1.807, 2.05) is 23.1 Å². The molecule has 9 heteroatoms. The van der Waals surface area contributed by atoms with Gasteiger partial charge in [-0.15, -0.1) is 0 Å². The van der Waals surface area contributed by atoms with Crippen molar-refractivity contribution < 1.29 is 18.3 Å². The van der Waals surface area contributed by atoms with Crippen LogP contribution in [0, 0.1) is 5.92 Å². The van der Waals surface area contributed by atoms with E-state index in [9.17, 15) is 13.6 Å². The molecule has 1 aliphatic carbocycles. The molecule has 2 aromatic rings. The van der Waals surface area contributed by atoms with Crippen molar-refractivity contribution in [3.8, 4) is 5.19 Å². The average Bonchev–Trinajstić information content (AvgIpc) is 3.45. The van der Waals surface area contributed by atoms with Crippen molar-refractivity contribution in [1.82, 2.24) is 15.2 Å². The molecule has 2 aliphatic heterocycles. The number of nitrogens with zero attached hydrogens (tertiary/aromatic N) is 3. The number of anilines is 1. The fourth-order valence-electron chi connectivity index (χ4n) is 5.43. The van der Waals surface area contributed by atoms with Crippen LogP contribution in [0.1, 0.15) is 55.2 Å². The third kappa shape index (κ3) is 6.12. The molecule has 1 saturated carbocycles. The van der Waals surface area contributed by atoms with Crippen LogP contribution in [0.2, 0.25) is 0 Å². The van der Waals surface area contributed by atoms with Gasteiger partial charge in [-0.05, 0) is 69.0 Å². The number of nitrogens with one attached hydrogen (secondary N) is 1. The van der Waals surface area contributed by atoms with E-state index in [-0.39, 0.29) is 12.1 Å². The Hall–Kier alpha value is -2.26. The topological polar surface area (TPSA) is 57.7 Å². The van der Waals surface area contributed by atoms with Crippen LogP contribution in [0.15, 0.2) is 24.3 Å². The van der Waals surface area contributed by atoms with Crippen LogP contribution in [0.25, 0.3) is 0 Å². The lowest BCUT2D eigenvalue weighted by molar-refractivity contribution is -0.0230. The molecule has 3 aliphatic rings. The quantitative estimate of drug-likeness (QED) is 0.559. The molecule has 1 aromatic heterocycles. The maximum Gasteiger partial charge on any atom is 0.322 e. The molecule has 190 valence electrons. The van der Waals surface area contributed by atoms with Gasteiger partial charge in [-0.3, -0.25) is 9.80 Å². The van der Waals surface area contributed by atoms with E-state index >= 15 is 0 Å². The van der Waals surface area contributed by atoms with Gasteiger partial charge in [0.15, 0.2) is 6.61 Å². The number of para-hydroxylation sites is 1. The van der Waals surface area contributed by atoms with Gasteiger partial charge in [0.05, 0.1) is 5.69 Å². The summed E-state index contributed by atoms with van der Waals surface area (Å²) >= 11 is 1.40. The molecule has 35 heavy (non-hydrogen) atoms. The Morgan fingerprint density at radius 2 is 2.00 bits per heavy atom. The number of fused-ring (bicyclic) bond motifs is 2. The van der Waals surface area contributed by atoms with Gasteiger partial charge in [0.25, 0.3) is 11.1 Å². The summed E-state index contributed by atoms with van der Waals surface area (Å²) in [6.07, 6.45) is 7.32. The number of carbonyl (C=O) groups is 1. The van der Waals surface area contributed by atoms with E-state index in [1.54, 1.807) is 0 Å². The lowest BCUT2D eigenvalue weighted by Gasteiger charge is -2.32. The Bertz CT molecular complexity index is 1030. The Morgan fingerprint density at radius 3 is 2.80 bits per heavy atom. The van der Waals surface area contributed by atoms with Crippen LogP contribution in [0.4, 0.5) is 19.3 Å². The number of hydrogen-bond donors (Lipinski definition) is 1. The first-order chi connectivity index (χ1) is 16.8. The molecule has 0 atom stereocenters. The molecule has 0 bridgehead atoms. The highest BCUT2D eigenvalue weighted by Crippen LogP contribution is 2.33. The third-order valence-electron chi connectivity index (χ3n) is 7.40. The van der Waals surface area contributed by atoms with Crippen molar-refractivity contribution in [3.05, 3.63) is 40.4 Å². The Labute approximate surface area is 209 Å².